The van der Waals surface area contributed by atoms with Crippen LogP contribution in [-0.4, -0.2) is 19.8 Å². The van der Waals surface area contributed by atoms with Crippen LogP contribution in [0.15, 0.2) is 54.7 Å². The van der Waals surface area contributed by atoms with Crippen molar-refractivity contribution in [2.75, 3.05) is 0 Å². The minimum atomic E-state index is -0.711. The van der Waals surface area contributed by atoms with Crippen molar-refractivity contribution >= 4 is 28.7 Å². The van der Waals surface area contributed by atoms with Crippen molar-refractivity contribution in [3.8, 4) is 11.1 Å². The summed E-state index contributed by atoms with van der Waals surface area (Å²) in [6.45, 7) is 0. The quantitative estimate of drug-likeness (QED) is 0.372. The van der Waals surface area contributed by atoms with Crippen LogP contribution in [-0.2, 0) is 0 Å². The molecule has 0 fully saturated rings. The van der Waals surface area contributed by atoms with Gasteiger partial charge in [-0.25, -0.2) is 0 Å². The lowest BCUT2D eigenvalue weighted by Crippen LogP contribution is -1.96. The highest BCUT2D eigenvalue weighted by Crippen LogP contribution is 2.51. The molecule has 29 heavy (non-hydrogen) atoms. The first-order valence-corrected chi connectivity index (χ1v) is 8.26. The molecule has 0 radical (unpaired) electrons. The Morgan fingerprint density at radius 2 is 1.48 bits per heavy atom. The molecule has 10 heteroatoms. The molecular weight excluding hydrogens is 380 g/mol. The summed E-state index contributed by atoms with van der Waals surface area (Å²) in [7, 11) is 0. The number of hydrogen-bond donors (Lipinski definition) is 0. The van der Waals surface area contributed by atoms with E-state index in [4.69, 9.17) is 0 Å². The molecule has 4 rings (SSSR count). The van der Waals surface area contributed by atoms with Gasteiger partial charge in [0.2, 0.25) is 0 Å². The van der Waals surface area contributed by atoms with Crippen LogP contribution in [0.5, 0.6) is 0 Å². The maximum Gasteiger partial charge on any atom is 0.284 e. The van der Waals surface area contributed by atoms with E-state index in [1.165, 1.54) is 24.3 Å². The van der Waals surface area contributed by atoms with Gasteiger partial charge in [-0.1, -0.05) is 6.07 Å². The van der Waals surface area contributed by atoms with Crippen LogP contribution in [0.3, 0.4) is 0 Å². The van der Waals surface area contributed by atoms with Gasteiger partial charge in [0.15, 0.2) is 0 Å². The Labute approximate surface area is 162 Å². The molecule has 3 aromatic rings. The summed E-state index contributed by atoms with van der Waals surface area (Å²) in [6, 6.07) is 11.2. The van der Waals surface area contributed by atoms with Crippen LogP contribution >= 0.6 is 0 Å². The summed E-state index contributed by atoms with van der Waals surface area (Å²) in [5.41, 5.74) is 1.04. The van der Waals surface area contributed by atoms with E-state index in [0.717, 1.165) is 6.07 Å². The van der Waals surface area contributed by atoms with E-state index in [1.807, 2.05) is 0 Å². The third-order valence-corrected chi connectivity index (χ3v) is 4.55. The van der Waals surface area contributed by atoms with Crippen molar-refractivity contribution in [3.63, 3.8) is 0 Å². The van der Waals surface area contributed by atoms with Gasteiger partial charge in [-0.3, -0.25) is 35.3 Å². The molecule has 0 atom stereocenters. The molecule has 1 aliphatic rings. The van der Waals surface area contributed by atoms with Crippen LogP contribution in [0.25, 0.3) is 22.8 Å². The van der Waals surface area contributed by atoms with E-state index in [2.05, 4.69) is 4.98 Å². The standard InChI is InChI=1S/C19H10N4O6/c24-21(25)12-4-5-14-16(8-12)15(7-11-3-1-2-6-20-11)17-9-13(22(26)27)10-18(19(14)17)23(28)29/h1-10H/b15-7-. The molecule has 1 aromatic heterocycles. The summed E-state index contributed by atoms with van der Waals surface area (Å²) in [5.74, 6) is 0. The number of nitro benzene ring substituents is 3. The Morgan fingerprint density at radius 1 is 0.759 bits per heavy atom. The number of non-ortho nitro benzene ring substituents is 2. The summed E-state index contributed by atoms with van der Waals surface area (Å²) in [6.07, 6.45) is 3.15. The maximum absolute atomic E-state index is 11.6. The lowest BCUT2D eigenvalue weighted by molar-refractivity contribution is -0.393. The Hall–Kier alpha value is -4.47. The van der Waals surface area contributed by atoms with Crippen molar-refractivity contribution < 1.29 is 14.8 Å². The monoisotopic (exact) mass is 390 g/mol. The minimum absolute atomic E-state index is 0.188. The molecule has 2 aromatic carbocycles. The lowest BCUT2D eigenvalue weighted by atomic mass is 10.0. The van der Waals surface area contributed by atoms with Gasteiger partial charge in [0.1, 0.15) is 0 Å². The number of pyridine rings is 1. The van der Waals surface area contributed by atoms with Gasteiger partial charge in [-0.05, 0) is 41.0 Å². The highest BCUT2D eigenvalue weighted by atomic mass is 16.6. The second-order valence-electron chi connectivity index (χ2n) is 6.20. The number of nitro groups is 3. The second kappa shape index (κ2) is 6.60. The van der Waals surface area contributed by atoms with E-state index in [0.29, 0.717) is 22.4 Å². The molecule has 142 valence electrons. The Balaban J connectivity index is 2.09. The first-order valence-electron chi connectivity index (χ1n) is 8.26. The zero-order chi connectivity index (χ0) is 20.7. The number of fused-ring (bicyclic) bond motifs is 3. The number of benzene rings is 2. The molecule has 0 saturated carbocycles. The molecule has 0 unspecified atom stereocenters. The van der Waals surface area contributed by atoms with Crippen LogP contribution in [0.4, 0.5) is 17.1 Å². The minimum Gasteiger partial charge on any atom is -0.258 e. The highest BCUT2D eigenvalue weighted by Gasteiger charge is 2.34. The van der Waals surface area contributed by atoms with E-state index < -0.39 is 26.1 Å². The Bertz CT molecular complexity index is 1240. The number of rotatable bonds is 4. The molecule has 1 aliphatic carbocycles. The highest BCUT2D eigenvalue weighted by molar-refractivity contribution is 6.09. The van der Waals surface area contributed by atoms with Crippen molar-refractivity contribution in [1.82, 2.24) is 4.98 Å². The van der Waals surface area contributed by atoms with E-state index >= 15 is 0 Å². The normalized spacial score (nSPS) is 13.0. The predicted octanol–water partition coefficient (Wildman–Crippen LogP) is 4.38. The predicted molar refractivity (Wildman–Crippen MR) is 103 cm³/mol. The maximum atomic E-state index is 11.6. The molecule has 0 N–H and O–H groups in total. The Kier molecular flexibility index (Phi) is 4.08. The smallest absolute Gasteiger partial charge is 0.258 e. The molecular formula is C19H10N4O6. The van der Waals surface area contributed by atoms with Gasteiger partial charge < -0.3 is 0 Å². The number of nitrogens with zero attached hydrogens (tertiary/aromatic N) is 4. The van der Waals surface area contributed by atoms with Crippen molar-refractivity contribution in [3.05, 3.63) is 102 Å². The first kappa shape index (κ1) is 17.9. The van der Waals surface area contributed by atoms with Gasteiger partial charge in [-0.15, -0.1) is 0 Å². The third-order valence-electron chi connectivity index (χ3n) is 4.55. The fourth-order valence-corrected chi connectivity index (χ4v) is 3.35. The molecule has 0 spiro atoms. The fourth-order valence-electron chi connectivity index (χ4n) is 3.35. The van der Waals surface area contributed by atoms with Crippen molar-refractivity contribution in [2.45, 2.75) is 0 Å². The van der Waals surface area contributed by atoms with Crippen LogP contribution < -0.4 is 0 Å². The molecule has 10 nitrogen and oxygen atoms in total. The SMILES string of the molecule is O=[N+]([O-])c1ccc2c(c1)/C(=C/c1ccccn1)c1cc([N+](=O)[O-])cc([N+](=O)[O-])c1-2. The summed E-state index contributed by atoms with van der Waals surface area (Å²) in [5, 5.41) is 34.2. The average molecular weight is 390 g/mol. The average Bonchev–Trinajstić information content (AvgIpc) is 3.01. The summed E-state index contributed by atoms with van der Waals surface area (Å²) in [4.78, 5) is 36.4. The Morgan fingerprint density at radius 3 is 2.10 bits per heavy atom. The largest absolute Gasteiger partial charge is 0.284 e. The van der Waals surface area contributed by atoms with Crippen LogP contribution in [0, 0.1) is 30.3 Å². The van der Waals surface area contributed by atoms with Gasteiger partial charge in [-0.2, -0.15) is 0 Å². The lowest BCUT2D eigenvalue weighted by Gasteiger charge is -2.04. The molecule has 0 bridgehead atoms. The van der Waals surface area contributed by atoms with E-state index in [1.54, 1.807) is 30.5 Å². The number of aromatic nitrogens is 1. The van der Waals surface area contributed by atoms with E-state index in [9.17, 15) is 30.3 Å². The molecule has 1 heterocycles. The summed E-state index contributed by atoms with van der Waals surface area (Å²) >= 11 is 0. The van der Waals surface area contributed by atoms with Crippen LogP contribution in [0.2, 0.25) is 0 Å². The van der Waals surface area contributed by atoms with Crippen LogP contribution in [0.1, 0.15) is 16.8 Å². The van der Waals surface area contributed by atoms with Gasteiger partial charge in [0, 0.05) is 30.0 Å². The van der Waals surface area contributed by atoms with Gasteiger partial charge in [0.25, 0.3) is 17.1 Å². The zero-order valence-corrected chi connectivity index (χ0v) is 14.5. The zero-order valence-electron chi connectivity index (χ0n) is 14.5. The van der Waals surface area contributed by atoms with Crippen molar-refractivity contribution in [2.24, 2.45) is 0 Å². The first-order chi connectivity index (χ1) is 13.9. The fraction of sp³-hybridized carbons (Fsp3) is 0. The van der Waals surface area contributed by atoms with Crippen molar-refractivity contribution in [1.29, 1.82) is 0 Å². The topological polar surface area (TPSA) is 142 Å². The molecule has 0 aliphatic heterocycles. The molecule has 0 saturated heterocycles. The van der Waals surface area contributed by atoms with E-state index in [-0.39, 0.29) is 16.8 Å². The summed E-state index contributed by atoms with van der Waals surface area (Å²) < 4.78 is 0. The molecule has 0 amide bonds. The van der Waals surface area contributed by atoms with Gasteiger partial charge >= 0.3 is 0 Å². The second-order valence-corrected chi connectivity index (χ2v) is 6.20. The third kappa shape index (κ3) is 2.98. The van der Waals surface area contributed by atoms with Gasteiger partial charge in [0.05, 0.1) is 32.1 Å². The number of hydrogen-bond acceptors (Lipinski definition) is 7.